The maximum Gasteiger partial charge on any atom is 0.191 e. The predicted molar refractivity (Wildman–Crippen MR) is 119 cm³/mol. The van der Waals surface area contributed by atoms with E-state index in [0.717, 1.165) is 31.9 Å². The second kappa shape index (κ2) is 10.8. The number of aromatic nitrogens is 1. The quantitative estimate of drug-likeness (QED) is 0.363. The summed E-state index contributed by atoms with van der Waals surface area (Å²) in [5.74, 6) is 0.851. The van der Waals surface area contributed by atoms with Crippen LogP contribution in [0.15, 0.2) is 41.5 Å². The third-order valence-electron chi connectivity index (χ3n) is 3.78. The third-order valence-corrected chi connectivity index (χ3v) is 4.76. The van der Waals surface area contributed by atoms with Crippen LogP contribution < -0.4 is 10.6 Å². The zero-order valence-electron chi connectivity index (χ0n) is 15.5. The maximum atomic E-state index is 4.39. The molecule has 1 heterocycles. The van der Waals surface area contributed by atoms with E-state index in [4.69, 9.17) is 0 Å². The van der Waals surface area contributed by atoms with Crippen molar-refractivity contribution in [3.63, 3.8) is 0 Å². The fourth-order valence-corrected chi connectivity index (χ4v) is 3.35. The molecule has 4 nitrogen and oxygen atoms in total. The molecule has 2 rings (SSSR count). The van der Waals surface area contributed by atoms with E-state index in [1.54, 1.807) is 11.3 Å². The average molecular weight is 472 g/mol. The molecule has 0 saturated heterocycles. The average Bonchev–Trinajstić information content (AvgIpc) is 2.96. The van der Waals surface area contributed by atoms with Crippen molar-refractivity contribution in [1.82, 2.24) is 15.6 Å². The molecule has 0 aliphatic carbocycles. The lowest BCUT2D eigenvalue weighted by atomic mass is 9.86. The van der Waals surface area contributed by atoms with Crippen LogP contribution in [-0.4, -0.2) is 31.1 Å². The highest BCUT2D eigenvalue weighted by molar-refractivity contribution is 14.0. The van der Waals surface area contributed by atoms with Crippen LogP contribution in [0.3, 0.4) is 0 Å². The number of halogens is 1. The van der Waals surface area contributed by atoms with E-state index in [9.17, 15) is 0 Å². The van der Waals surface area contributed by atoms with Crippen molar-refractivity contribution < 1.29 is 0 Å². The first kappa shape index (κ1) is 21.9. The smallest absolute Gasteiger partial charge is 0.191 e. The highest BCUT2D eigenvalue weighted by atomic mass is 127. The minimum atomic E-state index is 0. The maximum absolute atomic E-state index is 4.39. The van der Waals surface area contributed by atoms with E-state index in [0.29, 0.717) is 0 Å². The molecule has 0 unspecified atom stereocenters. The normalized spacial score (nSPS) is 11.8. The van der Waals surface area contributed by atoms with Gasteiger partial charge in [-0.2, -0.15) is 0 Å². The molecule has 2 aromatic rings. The fraction of sp³-hybridized carbons (Fsp3) is 0.474. The van der Waals surface area contributed by atoms with Gasteiger partial charge in [-0.3, -0.25) is 4.99 Å². The van der Waals surface area contributed by atoms with E-state index in [-0.39, 0.29) is 29.4 Å². The molecule has 0 bridgehead atoms. The van der Waals surface area contributed by atoms with Crippen molar-refractivity contribution in [2.24, 2.45) is 10.4 Å². The first-order valence-electron chi connectivity index (χ1n) is 8.38. The molecule has 138 valence electrons. The van der Waals surface area contributed by atoms with Crippen LogP contribution in [0.25, 0.3) is 0 Å². The second-order valence-corrected chi connectivity index (χ2v) is 8.11. The number of hydrogen-bond donors (Lipinski definition) is 2. The lowest BCUT2D eigenvalue weighted by Gasteiger charge is -2.26. The predicted octanol–water partition coefficient (Wildman–Crippen LogP) is 4.05. The summed E-state index contributed by atoms with van der Waals surface area (Å²) in [6.07, 6.45) is 3.89. The number of aliphatic imine (C=N–C) groups is 1. The van der Waals surface area contributed by atoms with Crippen LogP contribution in [0.1, 0.15) is 29.3 Å². The Kier molecular flexibility index (Phi) is 9.42. The molecule has 25 heavy (non-hydrogen) atoms. The van der Waals surface area contributed by atoms with Gasteiger partial charge in [-0.1, -0.05) is 44.2 Å². The molecule has 0 fully saturated rings. The number of rotatable bonds is 7. The molecule has 0 radical (unpaired) electrons. The van der Waals surface area contributed by atoms with Crippen LogP contribution in [-0.2, 0) is 12.8 Å². The van der Waals surface area contributed by atoms with Gasteiger partial charge < -0.3 is 10.6 Å². The number of nitrogens with one attached hydrogen (secondary N) is 2. The number of guanidine groups is 1. The van der Waals surface area contributed by atoms with Gasteiger partial charge in [0, 0.05) is 37.6 Å². The molecule has 0 amide bonds. The van der Waals surface area contributed by atoms with E-state index in [2.05, 4.69) is 71.7 Å². The number of benzene rings is 1. The van der Waals surface area contributed by atoms with E-state index in [1.807, 2.05) is 13.2 Å². The monoisotopic (exact) mass is 472 g/mol. The number of hydrogen-bond acceptors (Lipinski definition) is 3. The molecule has 0 spiro atoms. The van der Waals surface area contributed by atoms with Crippen molar-refractivity contribution >= 4 is 41.3 Å². The Morgan fingerprint density at radius 3 is 2.52 bits per heavy atom. The van der Waals surface area contributed by atoms with Crippen LogP contribution in [0.4, 0.5) is 0 Å². The molecule has 0 atom stereocenters. The van der Waals surface area contributed by atoms with Gasteiger partial charge in [0.05, 0.1) is 5.01 Å². The summed E-state index contributed by atoms with van der Waals surface area (Å²) in [6, 6.07) is 10.6. The summed E-state index contributed by atoms with van der Waals surface area (Å²) < 4.78 is 0. The molecule has 2 N–H and O–H groups in total. The van der Waals surface area contributed by atoms with E-state index in [1.165, 1.54) is 15.4 Å². The van der Waals surface area contributed by atoms with Crippen LogP contribution in [0.2, 0.25) is 0 Å². The molecule has 0 saturated carbocycles. The minimum absolute atomic E-state index is 0. The van der Waals surface area contributed by atoms with Crippen molar-refractivity contribution in [2.75, 3.05) is 20.1 Å². The van der Waals surface area contributed by atoms with E-state index < -0.39 is 0 Å². The first-order valence-corrected chi connectivity index (χ1v) is 9.20. The molecule has 0 aliphatic rings. The molecule has 1 aromatic carbocycles. The molecule has 6 heteroatoms. The molecular weight excluding hydrogens is 443 g/mol. The highest BCUT2D eigenvalue weighted by Gasteiger charge is 2.18. The van der Waals surface area contributed by atoms with Gasteiger partial charge in [0.25, 0.3) is 0 Å². The number of aryl methyl sites for hydroxylation is 1. The zero-order chi connectivity index (χ0) is 17.4. The zero-order valence-corrected chi connectivity index (χ0v) is 18.7. The standard InChI is InChI=1S/C19H28N4S.HI/c1-15-13-22-17(24-15)10-11-21-18(20-4)23-14-19(2,3)12-16-8-6-5-7-9-16;/h5-9,13H,10-12,14H2,1-4H3,(H2,20,21,23);1H. The highest BCUT2D eigenvalue weighted by Crippen LogP contribution is 2.20. The Bertz CT molecular complexity index is 652. The lowest BCUT2D eigenvalue weighted by molar-refractivity contribution is 0.359. The summed E-state index contributed by atoms with van der Waals surface area (Å²) in [6.45, 7) is 8.35. The summed E-state index contributed by atoms with van der Waals surface area (Å²) >= 11 is 1.75. The Balaban J connectivity index is 0.00000312. The van der Waals surface area contributed by atoms with E-state index >= 15 is 0 Å². The van der Waals surface area contributed by atoms with Crippen molar-refractivity contribution in [3.05, 3.63) is 52.0 Å². The minimum Gasteiger partial charge on any atom is -0.356 e. The molecule has 1 aromatic heterocycles. The van der Waals surface area contributed by atoms with Crippen molar-refractivity contribution in [2.45, 2.75) is 33.6 Å². The Morgan fingerprint density at radius 2 is 1.92 bits per heavy atom. The topological polar surface area (TPSA) is 49.3 Å². The van der Waals surface area contributed by atoms with Gasteiger partial charge in [-0.05, 0) is 24.3 Å². The van der Waals surface area contributed by atoms with Gasteiger partial charge in [-0.15, -0.1) is 35.3 Å². The SMILES string of the molecule is CN=C(NCCc1ncc(C)s1)NCC(C)(C)Cc1ccccc1.I. The van der Waals surface area contributed by atoms with Gasteiger partial charge in [0.1, 0.15) is 0 Å². The first-order chi connectivity index (χ1) is 11.5. The molecular formula is C19H29IN4S. The Morgan fingerprint density at radius 1 is 1.20 bits per heavy atom. The third kappa shape index (κ3) is 8.18. The van der Waals surface area contributed by atoms with Crippen LogP contribution in [0, 0.1) is 12.3 Å². The van der Waals surface area contributed by atoms with Gasteiger partial charge in [0.2, 0.25) is 0 Å². The van der Waals surface area contributed by atoms with Gasteiger partial charge in [0.15, 0.2) is 5.96 Å². The summed E-state index contributed by atoms with van der Waals surface area (Å²) in [7, 11) is 1.81. The van der Waals surface area contributed by atoms with Crippen LogP contribution >= 0.6 is 35.3 Å². The largest absolute Gasteiger partial charge is 0.356 e. The summed E-state index contributed by atoms with van der Waals surface area (Å²) in [5.41, 5.74) is 1.53. The Hall–Kier alpha value is -1.15. The number of thiazole rings is 1. The van der Waals surface area contributed by atoms with Crippen LogP contribution in [0.5, 0.6) is 0 Å². The lowest BCUT2D eigenvalue weighted by Crippen LogP contribution is -2.43. The van der Waals surface area contributed by atoms with Gasteiger partial charge >= 0.3 is 0 Å². The Labute approximate surface area is 172 Å². The van der Waals surface area contributed by atoms with Crippen molar-refractivity contribution in [3.8, 4) is 0 Å². The number of nitrogens with zero attached hydrogens (tertiary/aromatic N) is 2. The second-order valence-electron chi connectivity index (χ2n) is 6.79. The molecule has 0 aliphatic heterocycles. The van der Waals surface area contributed by atoms with Gasteiger partial charge in [-0.25, -0.2) is 4.98 Å². The fourth-order valence-electron chi connectivity index (χ4n) is 2.56. The summed E-state index contributed by atoms with van der Waals surface area (Å²) in [5, 5.41) is 7.98. The summed E-state index contributed by atoms with van der Waals surface area (Å²) in [4.78, 5) is 9.96. The van der Waals surface area contributed by atoms with Crippen molar-refractivity contribution in [1.29, 1.82) is 0 Å².